The quantitative estimate of drug-likeness (QED) is 0.725. The van der Waals surface area contributed by atoms with Crippen LogP contribution in [-0.2, 0) is 16.0 Å². The topological polar surface area (TPSA) is 99.5 Å². The number of aryl methyl sites for hydroxylation is 1. The molecule has 0 aromatic carbocycles. The van der Waals surface area contributed by atoms with Gasteiger partial charge in [0.25, 0.3) is 5.91 Å². The molecule has 0 aliphatic carbocycles. The molecule has 27 heavy (non-hydrogen) atoms. The normalized spacial score (nSPS) is 10.7. The van der Waals surface area contributed by atoms with Gasteiger partial charge in [-0.15, -0.1) is 11.3 Å². The van der Waals surface area contributed by atoms with E-state index in [1.807, 2.05) is 6.92 Å². The molecule has 2 aromatic heterocycles. The van der Waals surface area contributed by atoms with Gasteiger partial charge >= 0.3 is 11.9 Å². The van der Waals surface area contributed by atoms with Crippen LogP contribution in [0, 0.1) is 6.92 Å². The van der Waals surface area contributed by atoms with Gasteiger partial charge in [-0.05, 0) is 46.2 Å². The first-order valence-electron chi connectivity index (χ1n) is 8.64. The van der Waals surface area contributed by atoms with Crippen molar-refractivity contribution in [2.45, 2.75) is 47.3 Å². The third kappa shape index (κ3) is 4.73. The van der Waals surface area contributed by atoms with Crippen molar-refractivity contribution in [3.8, 4) is 0 Å². The number of anilines is 1. The molecule has 2 heterocycles. The molecule has 2 aromatic rings. The highest BCUT2D eigenvalue weighted by molar-refractivity contribution is 7.18. The van der Waals surface area contributed by atoms with E-state index in [2.05, 4.69) is 10.4 Å². The van der Waals surface area contributed by atoms with Crippen molar-refractivity contribution in [3.05, 3.63) is 34.0 Å². The molecule has 0 bridgehead atoms. The van der Waals surface area contributed by atoms with Crippen molar-refractivity contribution in [3.63, 3.8) is 0 Å². The van der Waals surface area contributed by atoms with Gasteiger partial charge in [0.2, 0.25) is 0 Å². The van der Waals surface area contributed by atoms with E-state index >= 15 is 0 Å². The first kappa shape index (κ1) is 20.6. The second kappa shape index (κ2) is 8.81. The number of nitrogens with zero attached hydrogens (tertiary/aromatic N) is 2. The number of thiophene rings is 1. The Hall–Kier alpha value is -2.68. The molecule has 0 fully saturated rings. The minimum atomic E-state index is -0.608. The third-order valence-electron chi connectivity index (χ3n) is 3.58. The molecule has 0 aliphatic rings. The van der Waals surface area contributed by atoms with Gasteiger partial charge in [0.1, 0.15) is 9.88 Å². The Balaban J connectivity index is 2.39. The Labute approximate surface area is 161 Å². The highest BCUT2D eigenvalue weighted by Gasteiger charge is 2.28. The van der Waals surface area contributed by atoms with Gasteiger partial charge in [-0.25, -0.2) is 9.59 Å². The van der Waals surface area contributed by atoms with Crippen molar-refractivity contribution in [1.29, 1.82) is 0 Å². The standard InChI is InChI=1S/C18H23N3O5S/c1-6-21-9-8-12(20-21)15(22)19-16-13(17(23)26-10(3)4)11(5)14(27-16)18(24)25-7-2/h8-10H,6-7H2,1-5H3,(H,19,22). The summed E-state index contributed by atoms with van der Waals surface area (Å²) < 4.78 is 11.9. The Morgan fingerprint density at radius 1 is 1.26 bits per heavy atom. The Morgan fingerprint density at radius 2 is 1.96 bits per heavy atom. The van der Waals surface area contributed by atoms with E-state index in [1.165, 1.54) is 0 Å². The van der Waals surface area contributed by atoms with Crippen LogP contribution in [0.2, 0.25) is 0 Å². The number of nitrogens with one attached hydrogen (secondary N) is 1. The zero-order chi connectivity index (χ0) is 20.1. The van der Waals surface area contributed by atoms with E-state index in [0.29, 0.717) is 12.1 Å². The molecule has 1 amide bonds. The summed E-state index contributed by atoms with van der Waals surface area (Å²) >= 11 is 0.983. The minimum Gasteiger partial charge on any atom is -0.462 e. The lowest BCUT2D eigenvalue weighted by molar-refractivity contribution is 0.0379. The van der Waals surface area contributed by atoms with E-state index in [0.717, 1.165) is 11.3 Å². The van der Waals surface area contributed by atoms with E-state index in [9.17, 15) is 14.4 Å². The van der Waals surface area contributed by atoms with Crippen LogP contribution < -0.4 is 5.32 Å². The molecule has 0 unspecified atom stereocenters. The lowest BCUT2D eigenvalue weighted by Crippen LogP contribution is -2.17. The zero-order valence-electron chi connectivity index (χ0n) is 16.0. The molecular weight excluding hydrogens is 370 g/mol. The fourth-order valence-corrected chi connectivity index (χ4v) is 3.42. The Morgan fingerprint density at radius 3 is 2.52 bits per heavy atom. The number of hydrogen-bond donors (Lipinski definition) is 1. The molecule has 146 valence electrons. The molecule has 9 heteroatoms. The summed E-state index contributed by atoms with van der Waals surface area (Å²) in [5, 5.41) is 7.05. The molecule has 0 spiro atoms. The van der Waals surface area contributed by atoms with Crippen LogP contribution >= 0.6 is 11.3 Å². The van der Waals surface area contributed by atoms with Gasteiger partial charge in [-0.3, -0.25) is 9.48 Å². The van der Waals surface area contributed by atoms with Gasteiger partial charge < -0.3 is 14.8 Å². The smallest absolute Gasteiger partial charge is 0.348 e. The van der Waals surface area contributed by atoms with Crippen molar-refractivity contribution < 1.29 is 23.9 Å². The fourth-order valence-electron chi connectivity index (χ4n) is 2.34. The maximum atomic E-state index is 12.5. The molecule has 8 nitrogen and oxygen atoms in total. The zero-order valence-corrected chi connectivity index (χ0v) is 16.8. The second-order valence-electron chi connectivity index (χ2n) is 5.95. The Bertz CT molecular complexity index is 853. The summed E-state index contributed by atoms with van der Waals surface area (Å²) in [7, 11) is 0. The van der Waals surface area contributed by atoms with Gasteiger partial charge in [-0.2, -0.15) is 5.10 Å². The number of aromatic nitrogens is 2. The molecular formula is C18H23N3O5S. The van der Waals surface area contributed by atoms with E-state index in [4.69, 9.17) is 9.47 Å². The largest absolute Gasteiger partial charge is 0.462 e. The molecule has 0 atom stereocenters. The predicted octanol–water partition coefficient (Wildman–Crippen LogP) is 3.27. The summed E-state index contributed by atoms with van der Waals surface area (Å²) in [4.78, 5) is 37.5. The fraction of sp³-hybridized carbons (Fsp3) is 0.444. The highest BCUT2D eigenvalue weighted by Crippen LogP contribution is 2.34. The summed E-state index contributed by atoms with van der Waals surface area (Å²) in [6, 6.07) is 1.58. The van der Waals surface area contributed by atoms with Gasteiger partial charge in [0.15, 0.2) is 5.69 Å². The van der Waals surface area contributed by atoms with E-state index in [1.54, 1.807) is 44.6 Å². The summed E-state index contributed by atoms with van der Waals surface area (Å²) in [6.45, 7) is 9.51. The molecule has 0 saturated heterocycles. The lowest BCUT2D eigenvalue weighted by atomic mass is 10.1. The van der Waals surface area contributed by atoms with Crippen LogP contribution in [0.1, 0.15) is 63.8 Å². The number of carbonyl (C=O) groups is 3. The molecule has 0 saturated carbocycles. The SMILES string of the molecule is CCOC(=O)c1sc(NC(=O)c2ccn(CC)n2)c(C(=O)OC(C)C)c1C. The number of ether oxygens (including phenoxy) is 2. The van der Waals surface area contributed by atoms with Crippen molar-refractivity contribution in [2.24, 2.45) is 0 Å². The number of esters is 2. The van der Waals surface area contributed by atoms with Crippen molar-refractivity contribution in [2.75, 3.05) is 11.9 Å². The van der Waals surface area contributed by atoms with Crippen LogP contribution in [0.4, 0.5) is 5.00 Å². The minimum absolute atomic E-state index is 0.153. The number of hydrogen-bond acceptors (Lipinski definition) is 7. The number of rotatable bonds is 7. The first-order chi connectivity index (χ1) is 12.8. The molecule has 2 rings (SSSR count). The third-order valence-corrected chi connectivity index (χ3v) is 4.77. The van der Waals surface area contributed by atoms with Gasteiger partial charge in [-0.1, -0.05) is 0 Å². The van der Waals surface area contributed by atoms with Crippen LogP contribution in [0.3, 0.4) is 0 Å². The van der Waals surface area contributed by atoms with Crippen LogP contribution in [0.15, 0.2) is 12.3 Å². The first-order valence-corrected chi connectivity index (χ1v) is 9.46. The predicted molar refractivity (Wildman–Crippen MR) is 101 cm³/mol. The van der Waals surface area contributed by atoms with Crippen LogP contribution in [0.5, 0.6) is 0 Å². The monoisotopic (exact) mass is 393 g/mol. The van der Waals surface area contributed by atoms with Crippen LogP contribution in [0.25, 0.3) is 0 Å². The second-order valence-corrected chi connectivity index (χ2v) is 6.97. The molecule has 1 N–H and O–H groups in total. The van der Waals surface area contributed by atoms with Crippen LogP contribution in [-0.4, -0.2) is 40.3 Å². The lowest BCUT2D eigenvalue weighted by Gasteiger charge is -2.10. The number of carbonyl (C=O) groups excluding carboxylic acids is 3. The van der Waals surface area contributed by atoms with Gasteiger partial charge in [0, 0.05) is 12.7 Å². The molecule has 0 aliphatic heterocycles. The number of amides is 1. The summed E-state index contributed by atoms with van der Waals surface area (Å²) in [6.07, 6.45) is 1.35. The maximum Gasteiger partial charge on any atom is 0.348 e. The average molecular weight is 393 g/mol. The van der Waals surface area contributed by atoms with Crippen molar-refractivity contribution >= 4 is 34.2 Å². The summed E-state index contributed by atoms with van der Waals surface area (Å²) in [5.74, 6) is -1.63. The maximum absolute atomic E-state index is 12.5. The average Bonchev–Trinajstić information content (AvgIpc) is 3.19. The van der Waals surface area contributed by atoms with Gasteiger partial charge in [0.05, 0.1) is 18.3 Å². The van der Waals surface area contributed by atoms with E-state index in [-0.39, 0.29) is 33.8 Å². The Kier molecular flexibility index (Phi) is 6.73. The highest BCUT2D eigenvalue weighted by atomic mass is 32.1. The van der Waals surface area contributed by atoms with E-state index < -0.39 is 17.8 Å². The summed E-state index contributed by atoms with van der Waals surface area (Å²) in [5.41, 5.74) is 0.780. The molecule has 0 radical (unpaired) electrons. The van der Waals surface area contributed by atoms with Crippen molar-refractivity contribution in [1.82, 2.24) is 9.78 Å².